The van der Waals surface area contributed by atoms with Gasteiger partial charge in [0, 0.05) is 11.8 Å². The number of ether oxygens (including phenoxy) is 1. The van der Waals surface area contributed by atoms with Crippen LogP contribution in [0.3, 0.4) is 0 Å². The van der Waals surface area contributed by atoms with E-state index in [-0.39, 0.29) is 23.4 Å². The van der Waals surface area contributed by atoms with Crippen LogP contribution < -0.4 is 0 Å². The summed E-state index contributed by atoms with van der Waals surface area (Å²) in [6.45, 7) is 2.45. The van der Waals surface area contributed by atoms with Gasteiger partial charge in [0.2, 0.25) is 0 Å². The second kappa shape index (κ2) is 14.5. The van der Waals surface area contributed by atoms with E-state index in [4.69, 9.17) is 4.74 Å². The number of fused-ring (bicyclic) bond motifs is 6. The van der Waals surface area contributed by atoms with Gasteiger partial charge in [0.05, 0.1) is 19.1 Å². The Bertz CT molecular complexity index is 1300. The predicted molar refractivity (Wildman–Crippen MR) is 172 cm³/mol. The number of phenolic OH excluding ortho intramolecular Hbond substituents is 1. The molecule has 0 amide bonds. The van der Waals surface area contributed by atoms with Gasteiger partial charge in [-0.2, -0.15) is 30.7 Å². The number of phenols is 1. The smallest absolute Gasteiger partial charge is 0.459 e. The average Bonchev–Trinajstić information content (AvgIpc) is 3.82. The zero-order valence-corrected chi connectivity index (χ0v) is 28.8. The molecule has 5 rings (SSSR count). The molecule has 5 unspecified atom stereocenters. The molecular weight excluding hydrogens is 653 g/mol. The van der Waals surface area contributed by atoms with Crippen LogP contribution in [0.25, 0.3) is 0 Å². The van der Waals surface area contributed by atoms with Crippen LogP contribution in [0.15, 0.2) is 18.2 Å². The van der Waals surface area contributed by atoms with Crippen molar-refractivity contribution in [3.63, 3.8) is 0 Å². The van der Waals surface area contributed by atoms with Gasteiger partial charge in [0.15, 0.2) is 0 Å². The molecule has 1 spiro atoms. The van der Waals surface area contributed by atoms with Crippen LogP contribution in [-0.4, -0.2) is 47.4 Å². The molecule has 4 aliphatic rings. The van der Waals surface area contributed by atoms with Crippen LogP contribution >= 0.6 is 0 Å². The van der Waals surface area contributed by atoms with Crippen molar-refractivity contribution in [3.05, 3.63) is 29.3 Å². The van der Waals surface area contributed by atoms with Gasteiger partial charge in [-0.15, -0.1) is 0 Å². The minimum atomic E-state index is -6.36. The summed E-state index contributed by atoms with van der Waals surface area (Å²) < 4.78 is 95.7. The zero-order valence-electron chi connectivity index (χ0n) is 28.8. The number of halogens is 7. The van der Waals surface area contributed by atoms with Gasteiger partial charge in [-0.3, -0.25) is 4.79 Å². The minimum absolute atomic E-state index is 0.113. The number of aromatic hydroxyl groups is 1. The second-order valence-corrected chi connectivity index (χ2v) is 15.9. The monoisotopic (exact) mass is 706 g/mol. The van der Waals surface area contributed by atoms with Crippen molar-refractivity contribution >= 4 is 5.97 Å². The van der Waals surface area contributed by atoms with Crippen LogP contribution in [-0.2, 0) is 16.0 Å². The van der Waals surface area contributed by atoms with Crippen molar-refractivity contribution in [1.29, 1.82) is 0 Å². The van der Waals surface area contributed by atoms with Gasteiger partial charge in [0.25, 0.3) is 0 Å². The molecule has 2 N–H and O–H groups in total. The zero-order chi connectivity index (χ0) is 35.8. The number of aliphatic hydroxyl groups excluding tert-OH is 1. The third-order valence-electron chi connectivity index (χ3n) is 13.3. The number of benzene rings is 1. The second-order valence-electron chi connectivity index (χ2n) is 15.9. The lowest BCUT2D eigenvalue weighted by atomic mass is 9.50. The summed E-state index contributed by atoms with van der Waals surface area (Å²) in [5.74, 6) is -10.5. The highest BCUT2D eigenvalue weighted by Crippen LogP contribution is 2.76. The van der Waals surface area contributed by atoms with Crippen molar-refractivity contribution in [2.75, 3.05) is 7.11 Å². The number of carbonyl (C=O) groups is 1. The summed E-state index contributed by atoms with van der Waals surface area (Å²) in [4.78, 5) is 12.1. The fourth-order valence-corrected chi connectivity index (χ4v) is 10.5. The number of alkyl halides is 7. The molecule has 3 saturated carbocycles. The Morgan fingerprint density at radius 3 is 2.20 bits per heavy atom. The van der Waals surface area contributed by atoms with E-state index in [1.54, 1.807) is 0 Å². The Kier molecular flexibility index (Phi) is 11.3. The summed E-state index contributed by atoms with van der Waals surface area (Å²) in [5.41, 5.74) is 2.97. The molecule has 1 aromatic rings. The molecule has 0 aliphatic heterocycles. The summed E-state index contributed by atoms with van der Waals surface area (Å²) in [6, 6.07) is 5.90. The lowest BCUT2D eigenvalue weighted by Gasteiger charge is -2.54. The lowest BCUT2D eigenvalue weighted by Crippen LogP contribution is -2.51. The van der Waals surface area contributed by atoms with Crippen LogP contribution in [0.2, 0.25) is 0 Å². The van der Waals surface area contributed by atoms with Gasteiger partial charge in [-0.1, -0.05) is 57.9 Å². The number of aliphatic hydroxyl groups is 1. The summed E-state index contributed by atoms with van der Waals surface area (Å²) >= 11 is 0. The number of rotatable bonds is 16. The van der Waals surface area contributed by atoms with Crippen molar-refractivity contribution in [3.8, 4) is 5.75 Å². The number of hydrogen-bond donors (Lipinski definition) is 2. The summed E-state index contributed by atoms with van der Waals surface area (Å²) in [6.07, 6.45) is 5.21. The Labute approximate surface area is 285 Å². The molecule has 4 aliphatic carbocycles. The van der Waals surface area contributed by atoms with Gasteiger partial charge < -0.3 is 14.9 Å². The largest absolute Gasteiger partial charge is 0.508 e. The van der Waals surface area contributed by atoms with Crippen LogP contribution in [0.4, 0.5) is 30.7 Å². The molecule has 0 aromatic heterocycles. The molecule has 278 valence electrons. The standard InChI is InChI=1S/C38H53F7O4/c1-34-18-16-29-28-15-14-27(46)22-26(28)21-25(32(29)30(34)23-31(47)35(34)19-20-35)12-9-7-5-3-4-6-8-11-24(33(48)49-2)13-10-17-36(39,40)37(41,42)38(43,44)45/h14-15,22,24-25,29-32,46-47H,3-13,16-21,23H2,1-2H3/t24?,25?,29?,30?,31-,32?,34+/m1/s1. The molecule has 0 saturated heterocycles. The molecule has 49 heavy (non-hydrogen) atoms. The van der Waals surface area contributed by atoms with Gasteiger partial charge in [-0.05, 0) is 117 Å². The molecule has 11 heteroatoms. The van der Waals surface area contributed by atoms with Crippen LogP contribution in [0.1, 0.15) is 133 Å². The molecule has 3 fully saturated rings. The summed E-state index contributed by atoms with van der Waals surface area (Å²) in [5, 5.41) is 21.5. The van der Waals surface area contributed by atoms with E-state index in [9.17, 15) is 45.7 Å². The van der Waals surface area contributed by atoms with E-state index < -0.39 is 42.8 Å². The van der Waals surface area contributed by atoms with E-state index in [1.165, 1.54) is 11.1 Å². The SMILES string of the molecule is COC(=O)C(CCCCCCCCCC1Cc2cc(O)ccc2C2CC[C@@]3(C)C(C[C@@H](O)C34CC4)C12)CCCC(F)(F)C(F)(F)C(F)(F)F. The molecule has 0 heterocycles. The number of unbranched alkanes of at least 4 members (excludes halogenated alkanes) is 6. The summed E-state index contributed by atoms with van der Waals surface area (Å²) in [7, 11) is 1.13. The maximum Gasteiger partial charge on any atom is 0.459 e. The van der Waals surface area contributed by atoms with Crippen molar-refractivity contribution in [2.45, 2.75) is 153 Å². The maximum absolute atomic E-state index is 13.7. The highest BCUT2D eigenvalue weighted by Gasteiger charge is 2.73. The normalized spacial score (nSPS) is 29.6. The first-order valence-electron chi connectivity index (χ1n) is 18.4. The minimum Gasteiger partial charge on any atom is -0.508 e. The van der Waals surface area contributed by atoms with Gasteiger partial charge in [0.1, 0.15) is 5.75 Å². The first kappa shape index (κ1) is 38.2. The average molecular weight is 707 g/mol. The van der Waals surface area contributed by atoms with Crippen molar-refractivity contribution in [1.82, 2.24) is 0 Å². The van der Waals surface area contributed by atoms with E-state index in [2.05, 4.69) is 13.0 Å². The fraction of sp³-hybridized carbons (Fsp3) is 0.816. The molecular formula is C38H53F7O4. The van der Waals surface area contributed by atoms with Crippen molar-refractivity contribution in [2.24, 2.45) is 34.5 Å². The fourth-order valence-electron chi connectivity index (χ4n) is 10.5. The third kappa shape index (κ3) is 7.35. The Hall–Kier alpha value is -2.04. The first-order valence-corrected chi connectivity index (χ1v) is 18.4. The third-order valence-corrected chi connectivity index (χ3v) is 13.3. The Morgan fingerprint density at radius 1 is 0.939 bits per heavy atom. The van der Waals surface area contributed by atoms with Crippen LogP contribution in [0.5, 0.6) is 5.75 Å². The molecule has 0 radical (unpaired) electrons. The van der Waals surface area contributed by atoms with E-state index in [0.29, 0.717) is 42.3 Å². The lowest BCUT2D eigenvalue weighted by molar-refractivity contribution is -0.355. The Balaban J connectivity index is 1.05. The maximum atomic E-state index is 13.7. The highest BCUT2D eigenvalue weighted by molar-refractivity contribution is 5.72. The number of esters is 1. The number of hydrogen-bond acceptors (Lipinski definition) is 4. The predicted octanol–water partition coefficient (Wildman–Crippen LogP) is 10.5. The van der Waals surface area contributed by atoms with Gasteiger partial charge in [-0.25, -0.2) is 0 Å². The van der Waals surface area contributed by atoms with Crippen molar-refractivity contribution < 1.29 is 50.5 Å². The van der Waals surface area contributed by atoms with Crippen LogP contribution in [0, 0.1) is 34.5 Å². The first-order chi connectivity index (χ1) is 23.0. The quantitative estimate of drug-likeness (QED) is 0.102. The number of methoxy groups -OCH3 is 1. The Morgan fingerprint density at radius 2 is 1.57 bits per heavy atom. The number of carbonyl (C=O) groups excluding carboxylic acids is 1. The molecule has 4 nitrogen and oxygen atoms in total. The molecule has 1 aromatic carbocycles. The molecule has 7 atom stereocenters. The molecule has 0 bridgehead atoms. The van der Waals surface area contributed by atoms with Gasteiger partial charge >= 0.3 is 24.0 Å². The van der Waals surface area contributed by atoms with E-state index in [0.717, 1.165) is 90.6 Å². The topological polar surface area (TPSA) is 66.8 Å². The van der Waals surface area contributed by atoms with E-state index in [1.807, 2.05) is 12.1 Å². The van der Waals surface area contributed by atoms with E-state index >= 15 is 0 Å². The highest BCUT2D eigenvalue weighted by atomic mass is 19.4.